The van der Waals surface area contributed by atoms with Gasteiger partial charge in [-0.25, -0.2) is 0 Å². The minimum atomic E-state index is 0.0224. The number of benzene rings is 2. The number of methoxy groups -OCH3 is 2. The zero-order chi connectivity index (χ0) is 15.2. The third-order valence-corrected chi connectivity index (χ3v) is 3.86. The molecule has 0 aliphatic rings. The SMILES string of the molecule is CCNC(c1ccccc1OC)c1ccc(Br)cc1OC. The molecule has 0 fully saturated rings. The quantitative estimate of drug-likeness (QED) is 0.848. The lowest BCUT2D eigenvalue weighted by Gasteiger charge is -2.23. The van der Waals surface area contributed by atoms with Crippen LogP contribution in [0.1, 0.15) is 24.1 Å². The molecule has 2 aromatic rings. The van der Waals surface area contributed by atoms with Gasteiger partial charge in [-0.1, -0.05) is 47.1 Å². The van der Waals surface area contributed by atoms with E-state index in [0.717, 1.165) is 33.6 Å². The molecule has 0 bridgehead atoms. The van der Waals surface area contributed by atoms with E-state index in [1.54, 1.807) is 14.2 Å². The smallest absolute Gasteiger partial charge is 0.125 e. The van der Waals surface area contributed by atoms with Crippen molar-refractivity contribution >= 4 is 15.9 Å². The van der Waals surface area contributed by atoms with Gasteiger partial charge in [0.25, 0.3) is 0 Å². The summed E-state index contributed by atoms with van der Waals surface area (Å²) in [7, 11) is 3.39. The average Bonchev–Trinajstić information content (AvgIpc) is 2.53. The molecule has 0 aromatic heterocycles. The van der Waals surface area contributed by atoms with Crippen LogP contribution in [0.2, 0.25) is 0 Å². The number of ether oxygens (including phenoxy) is 2. The monoisotopic (exact) mass is 349 g/mol. The number of para-hydroxylation sites is 1. The molecule has 112 valence electrons. The molecule has 0 heterocycles. The van der Waals surface area contributed by atoms with Crippen molar-refractivity contribution in [2.24, 2.45) is 0 Å². The van der Waals surface area contributed by atoms with Gasteiger partial charge in [0.1, 0.15) is 11.5 Å². The molecule has 0 aliphatic heterocycles. The summed E-state index contributed by atoms with van der Waals surface area (Å²) in [5.41, 5.74) is 2.19. The minimum absolute atomic E-state index is 0.0224. The molecule has 0 amide bonds. The molecule has 1 N–H and O–H groups in total. The van der Waals surface area contributed by atoms with Crippen LogP contribution in [0.15, 0.2) is 46.9 Å². The topological polar surface area (TPSA) is 30.5 Å². The highest BCUT2D eigenvalue weighted by atomic mass is 79.9. The molecular formula is C17H20BrNO2. The second-order valence-corrected chi connectivity index (χ2v) is 5.53. The van der Waals surface area contributed by atoms with Crippen LogP contribution in [0.3, 0.4) is 0 Å². The van der Waals surface area contributed by atoms with Crippen LogP contribution in [0, 0.1) is 0 Å². The maximum Gasteiger partial charge on any atom is 0.125 e. The third kappa shape index (κ3) is 3.57. The summed E-state index contributed by atoms with van der Waals surface area (Å²) in [6.07, 6.45) is 0. The Morgan fingerprint density at radius 3 is 2.33 bits per heavy atom. The first-order valence-electron chi connectivity index (χ1n) is 6.91. The third-order valence-electron chi connectivity index (χ3n) is 3.36. The van der Waals surface area contributed by atoms with E-state index in [4.69, 9.17) is 9.47 Å². The molecule has 3 nitrogen and oxygen atoms in total. The summed E-state index contributed by atoms with van der Waals surface area (Å²) in [6, 6.07) is 14.2. The Balaban J connectivity index is 2.53. The van der Waals surface area contributed by atoms with Crippen molar-refractivity contribution in [3.63, 3.8) is 0 Å². The normalized spacial score (nSPS) is 12.0. The number of halogens is 1. The van der Waals surface area contributed by atoms with Crippen LogP contribution in [-0.4, -0.2) is 20.8 Å². The van der Waals surface area contributed by atoms with Crippen LogP contribution in [0.25, 0.3) is 0 Å². The molecule has 0 radical (unpaired) electrons. The van der Waals surface area contributed by atoms with E-state index in [1.807, 2.05) is 30.3 Å². The molecule has 1 unspecified atom stereocenters. The van der Waals surface area contributed by atoms with Gasteiger partial charge < -0.3 is 14.8 Å². The Morgan fingerprint density at radius 2 is 1.67 bits per heavy atom. The number of rotatable bonds is 6. The predicted molar refractivity (Wildman–Crippen MR) is 89.2 cm³/mol. The zero-order valence-corrected chi connectivity index (χ0v) is 14.1. The molecular weight excluding hydrogens is 330 g/mol. The molecule has 0 saturated heterocycles. The largest absolute Gasteiger partial charge is 0.496 e. The fraction of sp³-hybridized carbons (Fsp3) is 0.294. The average molecular weight is 350 g/mol. The lowest BCUT2D eigenvalue weighted by Crippen LogP contribution is -2.23. The first-order chi connectivity index (χ1) is 10.2. The zero-order valence-electron chi connectivity index (χ0n) is 12.5. The number of nitrogens with one attached hydrogen (secondary N) is 1. The fourth-order valence-corrected chi connectivity index (χ4v) is 2.76. The fourth-order valence-electron chi connectivity index (χ4n) is 2.42. The van der Waals surface area contributed by atoms with E-state index in [2.05, 4.69) is 40.3 Å². The van der Waals surface area contributed by atoms with Gasteiger partial charge in [-0.15, -0.1) is 0 Å². The second kappa shape index (κ2) is 7.48. The summed E-state index contributed by atoms with van der Waals surface area (Å²) in [5, 5.41) is 3.51. The van der Waals surface area contributed by atoms with Gasteiger partial charge in [-0.2, -0.15) is 0 Å². The van der Waals surface area contributed by atoms with E-state index in [-0.39, 0.29) is 6.04 Å². The minimum Gasteiger partial charge on any atom is -0.496 e. The van der Waals surface area contributed by atoms with Crippen molar-refractivity contribution in [3.8, 4) is 11.5 Å². The highest BCUT2D eigenvalue weighted by Gasteiger charge is 2.20. The highest BCUT2D eigenvalue weighted by molar-refractivity contribution is 9.10. The predicted octanol–water partition coefficient (Wildman–Crippen LogP) is 4.17. The molecule has 4 heteroatoms. The van der Waals surface area contributed by atoms with Gasteiger partial charge in [0.15, 0.2) is 0 Å². The first kappa shape index (κ1) is 15.9. The van der Waals surface area contributed by atoms with Crippen molar-refractivity contribution in [1.29, 1.82) is 0 Å². The number of hydrogen-bond acceptors (Lipinski definition) is 3. The highest BCUT2D eigenvalue weighted by Crippen LogP contribution is 2.35. The first-order valence-corrected chi connectivity index (χ1v) is 7.70. The van der Waals surface area contributed by atoms with Gasteiger partial charge >= 0.3 is 0 Å². The van der Waals surface area contributed by atoms with Crippen molar-refractivity contribution in [1.82, 2.24) is 5.32 Å². The Hall–Kier alpha value is -1.52. The van der Waals surface area contributed by atoms with E-state index in [0.29, 0.717) is 0 Å². The maximum absolute atomic E-state index is 5.54. The lowest BCUT2D eigenvalue weighted by atomic mass is 9.97. The Kier molecular flexibility index (Phi) is 5.65. The molecule has 0 saturated carbocycles. The van der Waals surface area contributed by atoms with Crippen LogP contribution in [0.5, 0.6) is 11.5 Å². The van der Waals surface area contributed by atoms with Crippen molar-refractivity contribution in [3.05, 3.63) is 58.1 Å². The van der Waals surface area contributed by atoms with Gasteiger partial charge in [0.05, 0.1) is 20.3 Å². The summed E-state index contributed by atoms with van der Waals surface area (Å²) in [6.45, 7) is 2.94. The van der Waals surface area contributed by atoms with Crippen molar-refractivity contribution in [2.45, 2.75) is 13.0 Å². The van der Waals surface area contributed by atoms with Crippen molar-refractivity contribution < 1.29 is 9.47 Å². The lowest BCUT2D eigenvalue weighted by molar-refractivity contribution is 0.394. The number of hydrogen-bond donors (Lipinski definition) is 1. The standard InChI is InChI=1S/C17H20BrNO2/c1-4-19-17(13-7-5-6-8-15(13)20-2)14-10-9-12(18)11-16(14)21-3/h5-11,17,19H,4H2,1-3H3. The van der Waals surface area contributed by atoms with E-state index < -0.39 is 0 Å². The Labute approximate surface area is 134 Å². The van der Waals surface area contributed by atoms with E-state index >= 15 is 0 Å². The second-order valence-electron chi connectivity index (χ2n) is 4.62. The van der Waals surface area contributed by atoms with Gasteiger partial charge in [-0.05, 0) is 24.7 Å². The molecule has 0 spiro atoms. The molecule has 1 atom stereocenters. The summed E-state index contributed by atoms with van der Waals surface area (Å²) in [5.74, 6) is 1.72. The van der Waals surface area contributed by atoms with Gasteiger partial charge in [-0.3, -0.25) is 0 Å². The van der Waals surface area contributed by atoms with Crippen LogP contribution in [0.4, 0.5) is 0 Å². The van der Waals surface area contributed by atoms with Gasteiger partial charge in [0, 0.05) is 15.6 Å². The Morgan fingerprint density at radius 1 is 1.00 bits per heavy atom. The Bertz CT molecular complexity index is 601. The molecule has 21 heavy (non-hydrogen) atoms. The van der Waals surface area contributed by atoms with Crippen LogP contribution >= 0.6 is 15.9 Å². The molecule has 0 aliphatic carbocycles. The van der Waals surface area contributed by atoms with E-state index in [1.165, 1.54) is 0 Å². The summed E-state index contributed by atoms with van der Waals surface area (Å²) < 4.78 is 12.0. The maximum atomic E-state index is 5.54. The molecule has 2 rings (SSSR count). The van der Waals surface area contributed by atoms with Crippen LogP contribution in [-0.2, 0) is 0 Å². The van der Waals surface area contributed by atoms with Crippen LogP contribution < -0.4 is 14.8 Å². The van der Waals surface area contributed by atoms with Gasteiger partial charge in [0.2, 0.25) is 0 Å². The van der Waals surface area contributed by atoms with E-state index in [9.17, 15) is 0 Å². The summed E-state index contributed by atoms with van der Waals surface area (Å²) >= 11 is 3.48. The summed E-state index contributed by atoms with van der Waals surface area (Å²) in [4.78, 5) is 0. The molecule has 2 aromatic carbocycles. The van der Waals surface area contributed by atoms with Crippen molar-refractivity contribution in [2.75, 3.05) is 20.8 Å².